The zero-order chi connectivity index (χ0) is 19.3. The average molecular weight is 395 g/mol. The van der Waals surface area contributed by atoms with Gasteiger partial charge in [0.05, 0.1) is 16.3 Å². The Kier molecular flexibility index (Phi) is 6.89. The van der Waals surface area contributed by atoms with Crippen LogP contribution in [-0.2, 0) is 4.79 Å². The van der Waals surface area contributed by atoms with Gasteiger partial charge in [-0.25, -0.2) is 0 Å². The van der Waals surface area contributed by atoms with Crippen molar-refractivity contribution in [2.24, 2.45) is 0 Å². The highest BCUT2D eigenvalue weighted by Gasteiger charge is 2.19. The number of rotatable bonds is 6. The van der Waals surface area contributed by atoms with Gasteiger partial charge < -0.3 is 15.4 Å². The lowest BCUT2D eigenvalue weighted by Crippen LogP contribution is -2.33. The lowest BCUT2D eigenvalue weighted by molar-refractivity contribution is -0.122. The topological polar surface area (TPSA) is 67.4 Å². The normalized spacial score (nSPS) is 11.8. The number of carbonyl (C=O) groups is 2. The quantitative estimate of drug-likeness (QED) is 0.755. The summed E-state index contributed by atoms with van der Waals surface area (Å²) in [4.78, 5) is 24.7. The van der Waals surface area contributed by atoms with Crippen LogP contribution in [0.2, 0.25) is 10.0 Å². The van der Waals surface area contributed by atoms with Gasteiger partial charge in [-0.05, 0) is 51.1 Å². The van der Waals surface area contributed by atoms with Crippen LogP contribution in [0.4, 0.5) is 5.69 Å². The molecule has 7 heteroatoms. The van der Waals surface area contributed by atoms with Crippen LogP contribution in [0.25, 0.3) is 0 Å². The van der Waals surface area contributed by atoms with Crippen molar-refractivity contribution in [3.63, 3.8) is 0 Å². The first-order chi connectivity index (χ1) is 12.3. The Bertz CT molecular complexity index is 809. The third-order valence-electron chi connectivity index (χ3n) is 3.42. The van der Waals surface area contributed by atoms with Crippen LogP contribution in [0.15, 0.2) is 42.5 Å². The van der Waals surface area contributed by atoms with Gasteiger partial charge in [-0.2, -0.15) is 0 Å². The molecule has 2 aromatic carbocycles. The first kappa shape index (κ1) is 20.1. The highest BCUT2D eigenvalue weighted by Crippen LogP contribution is 2.28. The number of benzene rings is 2. The molecule has 1 unspecified atom stereocenters. The summed E-state index contributed by atoms with van der Waals surface area (Å²) < 4.78 is 5.60. The molecule has 1 atom stereocenters. The van der Waals surface area contributed by atoms with E-state index >= 15 is 0 Å². The van der Waals surface area contributed by atoms with Crippen LogP contribution in [0.5, 0.6) is 5.75 Å². The first-order valence-electron chi connectivity index (χ1n) is 8.10. The smallest absolute Gasteiger partial charge is 0.265 e. The van der Waals surface area contributed by atoms with Crippen molar-refractivity contribution < 1.29 is 14.3 Å². The van der Waals surface area contributed by atoms with E-state index in [-0.39, 0.29) is 11.9 Å². The number of ether oxygens (including phenoxy) is 1. The van der Waals surface area contributed by atoms with Crippen molar-refractivity contribution in [1.29, 1.82) is 0 Å². The number of para-hydroxylation sites is 1. The maximum Gasteiger partial charge on any atom is 0.265 e. The molecule has 0 bridgehead atoms. The minimum Gasteiger partial charge on any atom is -0.479 e. The van der Waals surface area contributed by atoms with Gasteiger partial charge in [0.25, 0.3) is 11.8 Å². The second-order valence-corrected chi connectivity index (χ2v) is 6.84. The molecule has 0 spiro atoms. The molecule has 138 valence electrons. The molecule has 0 aliphatic heterocycles. The fourth-order valence-electron chi connectivity index (χ4n) is 2.18. The van der Waals surface area contributed by atoms with Gasteiger partial charge in [0.15, 0.2) is 6.10 Å². The van der Waals surface area contributed by atoms with Crippen LogP contribution >= 0.6 is 23.2 Å². The van der Waals surface area contributed by atoms with E-state index in [2.05, 4.69) is 10.6 Å². The van der Waals surface area contributed by atoms with Crippen LogP contribution in [0, 0.1) is 0 Å². The van der Waals surface area contributed by atoms with Gasteiger partial charge >= 0.3 is 0 Å². The Morgan fingerprint density at radius 1 is 1.04 bits per heavy atom. The molecule has 0 radical (unpaired) electrons. The zero-order valence-electron chi connectivity index (χ0n) is 14.7. The molecule has 2 aromatic rings. The molecule has 0 heterocycles. The number of hydrogen-bond donors (Lipinski definition) is 2. The summed E-state index contributed by atoms with van der Waals surface area (Å²) in [6.45, 7) is 5.33. The van der Waals surface area contributed by atoms with Crippen molar-refractivity contribution in [2.45, 2.75) is 32.9 Å². The van der Waals surface area contributed by atoms with Crippen molar-refractivity contribution in [2.75, 3.05) is 5.32 Å². The summed E-state index contributed by atoms with van der Waals surface area (Å²) in [6, 6.07) is 11.5. The van der Waals surface area contributed by atoms with Crippen molar-refractivity contribution in [1.82, 2.24) is 5.32 Å². The van der Waals surface area contributed by atoms with Crippen molar-refractivity contribution in [3.8, 4) is 5.75 Å². The molecule has 0 fully saturated rings. The summed E-state index contributed by atoms with van der Waals surface area (Å²) in [5, 5.41) is 6.31. The van der Waals surface area contributed by atoms with Gasteiger partial charge in [-0.1, -0.05) is 35.3 Å². The molecule has 0 aliphatic rings. The number of amides is 2. The predicted molar refractivity (Wildman–Crippen MR) is 104 cm³/mol. The molecule has 0 aliphatic carbocycles. The number of halogens is 2. The van der Waals surface area contributed by atoms with Crippen molar-refractivity contribution >= 4 is 40.7 Å². The lowest BCUT2D eigenvalue weighted by Gasteiger charge is -2.17. The summed E-state index contributed by atoms with van der Waals surface area (Å²) in [5.41, 5.74) is 0.791. The average Bonchev–Trinajstić information content (AvgIpc) is 2.57. The zero-order valence-corrected chi connectivity index (χ0v) is 16.2. The summed E-state index contributed by atoms with van der Waals surface area (Å²) in [6.07, 6.45) is -0.824. The summed E-state index contributed by atoms with van der Waals surface area (Å²) in [7, 11) is 0. The number of anilines is 1. The Morgan fingerprint density at radius 2 is 1.73 bits per heavy atom. The van der Waals surface area contributed by atoms with E-state index in [9.17, 15) is 9.59 Å². The third kappa shape index (κ3) is 5.38. The van der Waals surface area contributed by atoms with Crippen molar-refractivity contribution in [3.05, 3.63) is 58.1 Å². The molecule has 0 saturated carbocycles. The maximum absolute atomic E-state index is 12.5. The molecular formula is C19H20Cl2N2O3. The molecule has 26 heavy (non-hydrogen) atoms. The molecule has 0 saturated heterocycles. The fraction of sp³-hybridized carbons (Fsp3) is 0.263. The predicted octanol–water partition coefficient (Wildman–Crippen LogP) is 4.54. The summed E-state index contributed by atoms with van der Waals surface area (Å²) in [5.74, 6) is -0.310. The van der Waals surface area contributed by atoms with Gasteiger partial charge in [0.2, 0.25) is 0 Å². The molecule has 2 N–H and O–H groups in total. The van der Waals surface area contributed by atoms with E-state index in [1.807, 2.05) is 13.8 Å². The Hall–Kier alpha value is -2.24. The molecule has 2 rings (SSSR count). The van der Waals surface area contributed by atoms with Gasteiger partial charge in [0.1, 0.15) is 5.75 Å². The Morgan fingerprint density at radius 3 is 2.38 bits per heavy atom. The van der Waals surface area contributed by atoms with Gasteiger partial charge in [-0.15, -0.1) is 0 Å². The van der Waals surface area contributed by atoms with Crippen LogP contribution in [0.1, 0.15) is 31.1 Å². The van der Waals surface area contributed by atoms with E-state index < -0.39 is 12.0 Å². The van der Waals surface area contributed by atoms with E-state index in [0.717, 1.165) is 0 Å². The minimum atomic E-state index is -0.824. The van der Waals surface area contributed by atoms with Crippen LogP contribution < -0.4 is 15.4 Å². The second-order valence-electron chi connectivity index (χ2n) is 6.00. The van der Waals surface area contributed by atoms with Gasteiger partial charge in [-0.3, -0.25) is 9.59 Å². The lowest BCUT2D eigenvalue weighted by atomic mass is 10.1. The standard InChI is InChI=1S/C19H20Cl2N2O3/c1-11(2)22-19(25)14-6-4-5-7-16(14)23-18(24)12(3)26-17-9-8-13(20)10-15(17)21/h4-12H,1-3H3,(H,22,25)(H,23,24). The Labute approximate surface area is 162 Å². The van der Waals surface area contributed by atoms with E-state index in [0.29, 0.717) is 27.0 Å². The molecule has 0 aromatic heterocycles. The molecule has 5 nitrogen and oxygen atoms in total. The summed E-state index contributed by atoms with van der Waals surface area (Å²) >= 11 is 11.9. The number of nitrogens with one attached hydrogen (secondary N) is 2. The van der Waals surface area contributed by atoms with Gasteiger partial charge in [0, 0.05) is 11.1 Å². The maximum atomic E-state index is 12.5. The molecule has 2 amide bonds. The SMILES string of the molecule is CC(C)NC(=O)c1ccccc1NC(=O)C(C)Oc1ccc(Cl)cc1Cl. The van der Waals surface area contributed by atoms with E-state index in [4.69, 9.17) is 27.9 Å². The number of hydrogen-bond acceptors (Lipinski definition) is 3. The minimum absolute atomic E-state index is 0.0134. The van der Waals surface area contributed by atoms with Crippen LogP contribution in [0.3, 0.4) is 0 Å². The third-order valence-corrected chi connectivity index (χ3v) is 3.95. The Balaban J connectivity index is 2.10. The first-order valence-corrected chi connectivity index (χ1v) is 8.86. The monoisotopic (exact) mass is 394 g/mol. The van der Waals surface area contributed by atoms with E-state index in [1.165, 1.54) is 6.07 Å². The fourth-order valence-corrected chi connectivity index (χ4v) is 2.63. The molecular weight excluding hydrogens is 375 g/mol. The number of carbonyl (C=O) groups excluding carboxylic acids is 2. The second kappa shape index (κ2) is 8.92. The van der Waals surface area contributed by atoms with Crippen LogP contribution in [-0.4, -0.2) is 24.0 Å². The highest BCUT2D eigenvalue weighted by molar-refractivity contribution is 6.35. The van der Waals surface area contributed by atoms with E-state index in [1.54, 1.807) is 43.3 Å². The largest absolute Gasteiger partial charge is 0.479 e. The highest BCUT2D eigenvalue weighted by atomic mass is 35.5.